The number of nitrogens with zero attached hydrogens (tertiary/aromatic N) is 1. The maximum atomic E-state index is 13.9. The van der Waals surface area contributed by atoms with Gasteiger partial charge in [0.25, 0.3) is 10.0 Å². The second kappa shape index (κ2) is 7.46. The maximum absolute atomic E-state index is 13.9. The van der Waals surface area contributed by atoms with Gasteiger partial charge in [0.2, 0.25) is 5.91 Å². The van der Waals surface area contributed by atoms with E-state index in [1.807, 2.05) is 13.8 Å². The SMILES string of the molecule is Cc1ccc(F)c(NC(=O)[C@H]2CCCN(S(=O)(=O)c3ccc(C)s3)C2)c1. The zero-order chi connectivity index (χ0) is 18.9. The Hall–Kier alpha value is -1.77. The smallest absolute Gasteiger partial charge is 0.252 e. The van der Waals surface area contributed by atoms with Crippen LogP contribution in [-0.2, 0) is 14.8 Å². The van der Waals surface area contributed by atoms with Gasteiger partial charge in [0.05, 0.1) is 11.6 Å². The molecule has 5 nitrogen and oxygen atoms in total. The van der Waals surface area contributed by atoms with Gasteiger partial charge >= 0.3 is 0 Å². The minimum absolute atomic E-state index is 0.110. The predicted octanol–water partition coefficient (Wildman–Crippen LogP) is 3.54. The molecule has 1 amide bonds. The van der Waals surface area contributed by atoms with Gasteiger partial charge < -0.3 is 5.32 Å². The fourth-order valence-electron chi connectivity index (χ4n) is 3.02. The van der Waals surface area contributed by atoms with Gasteiger partial charge in [-0.3, -0.25) is 4.79 Å². The summed E-state index contributed by atoms with van der Waals surface area (Å²) in [7, 11) is -3.60. The highest BCUT2D eigenvalue weighted by molar-refractivity contribution is 7.91. The number of nitrogens with one attached hydrogen (secondary N) is 1. The Bertz CT molecular complexity index is 924. The number of amides is 1. The van der Waals surface area contributed by atoms with Crippen LogP contribution in [0.2, 0.25) is 0 Å². The third kappa shape index (κ3) is 3.97. The molecule has 2 heterocycles. The summed E-state index contributed by atoms with van der Waals surface area (Å²) in [5, 5.41) is 2.60. The highest BCUT2D eigenvalue weighted by atomic mass is 32.2. The van der Waals surface area contributed by atoms with Crippen molar-refractivity contribution in [3.8, 4) is 0 Å². The van der Waals surface area contributed by atoms with E-state index in [0.717, 1.165) is 10.4 Å². The summed E-state index contributed by atoms with van der Waals surface area (Å²) in [6.07, 6.45) is 1.17. The summed E-state index contributed by atoms with van der Waals surface area (Å²) in [5.74, 6) is -1.35. The number of carbonyl (C=O) groups excluding carboxylic acids is 1. The van der Waals surface area contributed by atoms with Gasteiger partial charge in [-0.25, -0.2) is 12.8 Å². The van der Waals surface area contributed by atoms with E-state index in [1.165, 1.54) is 21.7 Å². The first-order valence-electron chi connectivity index (χ1n) is 8.41. The summed E-state index contributed by atoms with van der Waals surface area (Å²) >= 11 is 1.22. The van der Waals surface area contributed by atoms with E-state index >= 15 is 0 Å². The van der Waals surface area contributed by atoms with E-state index in [9.17, 15) is 17.6 Å². The van der Waals surface area contributed by atoms with E-state index in [1.54, 1.807) is 24.3 Å². The summed E-state index contributed by atoms with van der Waals surface area (Å²) in [6.45, 7) is 4.17. The molecule has 1 fully saturated rings. The minimum Gasteiger partial charge on any atom is -0.323 e. The lowest BCUT2D eigenvalue weighted by Gasteiger charge is -2.30. The van der Waals surface area contributed by atoms with Gasteiger partial charge in [-0.15, -0.1) is 11.3 Å². The summed E-state index contributed by atoms with van der Waals surface area (Å²) in [5.41, 5.74) is 0.964. The lowest BCUT2D eigenvalue weighted by atomic mass is 9.98. The fourth-order valence-corrected chi connectivity index (χ4v) is 5.98. The van der Waals surface area contributed by atoms with Crippen LogP contribution in [-0.4, -0.2) is 31.7 Å². The molecule has 0 aliphatic carbocycles. The molecule has 1 saturated heterocycles. The Morgan fingerprint density at radius 2 is 2.04 bits per heavy atom. The van der Waals surface area contributed by atoms with Crippen LogP contribution in [0, 0.1) is 25.6 Å². The number of rotatable bonds is 4. The van der Waals surface area contributed by atoms with Crippen molar-refractivity contribution < 1.29 is 17.6 Å². The van der Waals surface area contributed by atoms with Crippen molar-refractivity contribution in [2.75, 3.05) is 18.4 Å². The molecule has 0 unspecified atom stereocenters. The number of benzene rings is 1. The number of hydrogen-bond donors (Lipinski definition) is 1. The maximum Gasteiger partial charge on any atom is 0.252 e. The zero-order valence-electron chi connectivity index (χ0n) is 14.7. The molecule has 1 aromatic carbocycles. The predicted molar refractivity (Wildman–Crippen MR) is 100 cm³/mol. The molecular formula is C18H21FN2O3S2. The Morgan fingerprint density at radius 1 is 1.27 bits per heavy atom. The summed E-state index contributed by atoms with van der Waals surface area (Å²) in [6, 6.07) is 7.87. The van der Waals surface area contributed by atoms with Crippen LogP contribution in [0.5, 0.6) is 0 Å². The topological polar surface area (TPSA) is 66.5 Å². The van der Waals surface area contributed by atoms with Gasteiger partial charge in [-0.05, 0) is 56.5 Å². The number of sulfonamides is 1. The number of thiophene rings is 1. The molecular weight excluding hydrogens is 375 g/mol. The van der Waals surface area contributed by atoms with Crippen molar-refractivity contribution >= 4 is 33.0 Å². The molecule has 1 N–H and O–H groups in total. The van der Waals surface area contributed by atoms with Crippen LogP contribution in [0.25, 0.3) is 0 Å². The number of piperidine rings is 1. The fraction of sp³-hybridized carbons (Fsp3) is 0.389. The Balaban J connectivity index is 1.74. The number of hydrogen-bond acceptors (Lipinski definition) is 4. The van der Waals surface area contributed by atoms with Crippen LogP contribution in [0.15, 0.2) is 34.5 Å². The van der Waals surface area contributed by atoms with Crippen LogP contribution in [0.4, 0.5) is 10.1 Å². The summed E-state index contributed by atoms with van der Waals surface area (Å²) < 4.78 is 41.1. The van der Waals surface area contributed by atoms with Crippen LogP contribution in [0.3, 0.4) is 0 Å². The van der Waals surface area contributed by atoms with E-state index in [0.29, 0.717) is 23.6 Å². The Labute approximate surface area is 156 Å². The first kappa shape index (κ1) is 19.0. The highest BCUT2D eigenvalue weighted by Crippen LogP contribution is 2.29. The second-order valence-electron chi connectivity index (χ2n) is 6.54. The largest absolute Gasteiger partial charge is 0.323 e. The molecule has 1 aliphatic heterocycles. The first-order valence-corrected chi connectivity index (χ1v) is 10.7. The monoisotopic (exact) mass is 396 g/mol. The molecule has 0 spiro atoms. The van der Waals surface area contributed by atoms with Gasteiger partial charge in [-0.1, -0.05) is 6.07 Å². The molecule has 2 aromatic rings. The first-order chi connectivity index (χ1) is 12.3. The number of carbonyl (C=O) groups is 1. The van der Waals surface area contributed by atoms with Crippen molar-refractivity contribution in [3.05, 3.63) is 46.6 Å². The molecule has 0 saturated carbocycles. The van der Waals surface area contributed by atoms with Crippen LogP contribution < -0.4 is 5.32 Å². The normalized spacial score (nSPS) is 18.7. The van der Waals surface area contributed by atoms with Crippen molar-refractivity contribution in [2.45, 2.75) is 30.9 Å². The van der Waals surface area contributed by atoms with Gasteiger partial charge in [-0.2, -0.15) is 4.31 Å². The van der Waals surface area contributed by atoms with Crippen molar-refractivity contribution in [2.24, 2.45) is 5.92 Å². The molecule has 1 aromatic heterocycles. The average molecular weight is 397 g/mol. The number of anilines is 1. The minimum atomic E-state index is -3.60. The van der Waals surface area contributed by atoms with E-state index in [2.05, 4.69) is 5.32 Å². The van der Waals surface area contributed by atoms with Gasteiger partial charge in [0.15, 0.2) is 0 Å². The molecule has 3 rings (SSSR count). The van der Waals surface area contributed by atoms with E-state index < -0.39 is 21.8 Å². The van der Waals surface area contributed by atoms with Crippen LogP contribution >= 0.6 is 11.3 Å². The second-order valence-corrected chi connectivity index (χ2v) is 9.99. The molecule has 1 atom stereocenters. The van der Waals surface area contributed by atoms with Gasteiger partial charge in [0, 0.05) is 18.0 Å². The lowest BCUT2D eigenvalue weighted by molar-refractivity contribution is -0.120. The average Bonchev–Trinajstić information content (AvgIpc) is 3.05. The van der Waals surface area contributed by atoms with E-state index in [-0.39, 0.29) is 18.1 Å². The molecule has 1 aliphatic rings. The summed E-state index contributed by atoms with van der Waals surface area (Å²) in [4.78, 5) is 13.5. The standard InChI is InChI=1S/C18H21FN2O3S2/c1-12-5-7-15(19)16(10-12)20-18(22)14-4-3-9-21(11-14)26(23,24)17-8-6-13(2)25-17/h5-8,10,14H,3-4,9,11H2,1-2H3,(H,20,22)/t14-/m0/s1. The highest BCUT2D eigenvalue weighted by Gasteiger charge is 2.34. The number of halogens is 1. The molecule has 0 bridgehead atoms. The van der Waals surface area contributed by atoms with Gasteiger partial charge in [0.1, 0.15) is 10.0 Å². The lowest BCUT2D eigenvalue weighted by Crippen LogP contribution is -2.43. The molecule has 140 valence electrons. The third-order valence-electron chi connectivity index (χ3n) is 4.44. The Morgan fingerprint density at radius 3 is 2.73 bits per heavy atom. The zero-order valence-corrected chi connectivity index (χ0v) is 16.3. The molecule has 0 radical (unpaired) electrons. The van der Waals surface area contributed by atoms with E-state index in [4.69, 9.17) is 0 Å². The Kier molecular flexibility index (Phi) is 5.45. The third-order valence-corrected chi connectivity index (χ3v) is 7.78. The van der Waals surface area contributed by atoms with Crippen molar-refractivity contribution in [1.82, 2.24) is 4.31 Å². The van der Waals surface area contributed by atoms with Crippen LogP contribution in [0.1, 0.15) is 23.3 Å². The molecule has 26 heavy (non-hydrogen) atoms. The van der Waals surface area contributed by atoms with Crippen molar-refractivity contribution in [3.63, 3.8) is 0 Å². The quantitative estimate of drug-likeness (QED) is 0.860. The molecule has 8 heteroatoms. The number of aryl methyl sites for hydroxylation is 2. The van der Waals surface area contributed by atoms with Crippen molar-refractivity contribution in [1.29, 1.82) is 0 Å².